The normalized spacial score (nSPS) is 23.9. The van der Waals surface area contributed by atoms with E-state index in [1.54, 1.807) is 25.3 Å². The zero-order valence-electron chi connectivity index (χ0n) is 11.3. The lowest BCUT2D eigenvalue weighted by atomic mass is 10.0. The van der Waals surface area contributed by atoms with Crippen molar-refractivity contribution in [2.75, 3.05) is 32.0 Å². The Morgan fingerprint density at radius 2 is 2.30 bits per heavy atom. The standard InChI is InChI=1S/C14H17NO4S/c1-17-14(4-5-20-8-14)7-15-13(16)10-2-3-11-12(6-10)19-9-18-11/h2-3,6H,4-5,7-9H2,1H3,(H,15,16)/t14-/m0/s1. The molecule has 0 unspecified atom stereocenters. The number of thioether (sulfide) groups is 1. The van der Waals surface area contributed by atoms with Crippen molar-refractivity contribution in [3.05, 3.63) is 23.8 Å². The molecule has 1 atom stereocenters. The lowest BCUT2D eigenvalue weighted by Gasteiger charge is -2.26. The van der Waals surface area contributed by atoms with Crippen molar-refractivity contribution >= 4 is 17.7 Å². The minimum absolute atomic E-state index is 0.114. The molecule has 0 bridgehead atoms. The SMILES string of the molecule is CO[C@]1(CNC(=O)c2ccc3c(c2)OCO3)CCSC1. The molecule has 1 saturated heterocycles. The molecule has 2 heterocycles. The average molecular weight is 295 g/mol. The Morgan fingerprint density at radius 1 is 1.45 bits per heavy atom. The van der Waals surface area contributed by atoms with Gasteiger partial charge in [-0.05, 0) is 30.4 Å². The molecule has 5 nitrogen and oxygen atoms in total. The van der Waals surface area contributed by atoms with Gasteiger partial charge in [-0.3, -0.25) is 4.79 Å². The van der Waals surface area contributed by atoms with Gasteiger partial charge in [0.25, 0.3) is 5.91 Å². The summed E-state index contributed by atoms with van der Waals surface area (Å²) in [4.78, 5) is 12.2. The Balaban J connectivity index is 1.64. The zero-order valence-corrected chi connectivity index (χ0v) is 12.1. The summed E-state index contributed by atoms with van der Waals surface area (Å²) in [6.07, 6.45) is 0.968. The largest absolute Gasteiger partial charge is 0.454 e. The Hall–Kier alpha value is -1.40. The molecule has 2 aliphatic rings. The van der Waals surface area contributed by atoms with Crippen LogP contribution in [0.2, 0.25) is 0 Å². The third-order valence-electron chi connectivity index (χ3n) is 3.71. The average Bonchev–Trinajstić information content (AvgIpc) is 3.13. The fourth-order valence-electron chi connectivity index (χ4n) is 2.34. The van der Waals surface area contributed by atoms with Crippen molar-refractivity contribution in [3.63, 3.8) is 0 Å². The van der Waals surface area contributed by atoms with Gasteiger partial charge in [-0.15, -0.1) is 0 Å². The van der Waals surface area contributed by atoms with Crippen LogP contribution in [0, 0.1) is 0 Å². The third-order valence-corrected chi connectivity index (χ3v) is 4.93. The Labute approximate surface area is 122 Å². The van der Waals surface area contributed by atoms with E-state index in [1.165, 1.54) is 0 Å². The Morgan fingerprint density at radius 3 is 3.05 bits per heavy atom. The summed E-state index contributed by atoms with van der Waals surface area (Å²) in [6.45, 7) is 0.744. The number of nitrogens with one attached hydrogen (secondary N) is 1. The van der Waals surface area contributed by atoms with Crippen LogP contribution in [-0.4, -0.2) is 43.5 Å². The van der Waals surface area contributed by atoms with Gasteiger partial charge >= 0.3 is 0 Å². The van der Waals surface area contributed by atoms with Gasteiger partial charge in [-0.25, -0.2) is 0 Å². The number of ether oxygens (including phenoxy) is 3. The maximum atomic E-state index is 12.2. The molecule has 20 heavy (non-hydrogen) atoms. The molecular formula is C14H17NO4S. The second kappa shape index (κ2) is 5.54. The first-order valence-corrected chi connectivity index (χ1v) is 7.69. The topological polar surface area (TPSA) is 56.8 Å². The minimum atomic E-state index is -0.226. The predicted molar refractivity (Wildman–Crippen MR) is 76.6 cm³/mol. The maximum absolute atomic E-state index is 12.2. The molecule has 2 aliphatic heterocycles. The molecule has 1 aromatic rings. The van der Waals surface area contributed by atoms with E-state index in [2.05, 4.69) is 5.32 Å². The summed E-state index contributed by atoms with van der Waals surface area (Å²) in [7, 11) is 1.71. The van der Waals surface area contributed by atoms with Crippen molar-refractivity contribution in [1.82, 2.24) is 5.32 Å². The molecule has 1 aromatic carbocycles. The molecule has 0 spiro atoms. The zero-order chi connectivity index (χ0) is 14.0. The summed E-state index contributed by atoms with van der Waals surface area (Å²) in [5, 5.41) is 2.95. The van der Waals surface area contributed by atoms with Crippen LogP contribution in [-0.2, 0) is 4.74 Å². The summed E-state index contributed by atoms with van der Waals surface area (Å²) in [6, 6.07) is 5.21. The van der Waals surface area contributed by atoms with Gasteiger partial charge in [0, 0.05) is 25.0 Å². The lowest BCUT2D eigenvalue weighted by molar-refractivity contribution is 0.0137. The minimum Gasteiger partial charge on any atom is -0.454 e. The van der Waals surface area contributed by atoms with Crippen LogP contribution in [0.5, 0.6) is 11.5 Å². The fraction of sp³-hybridized carbons (Fsp3) is 0.500. The van der Waals surface area contributed by atoms with Crippen molar-refractivity contribution in [1.29, 1.82) is 0 Å². The molecule has 0 saturated carbocycles. The maximum Gasteiger partial charge on any atom is 0.251 e. The number of rotatable bonds is 4. The second-order valence-electron chi connectivity index (χ2n) is 4.94. The quantitative estimate of drug-likeness (QED) is 0.915. The van der Waals surface area contributed by atoms with Crippen LogP contribution in [0.1, 0.15) is 16.8 Å². The van der Waals surface area contributed by atoms with Crippen molar-refractivity contribution in [2.45, 2.75) is 12.0 Å². The van der Waals surface area contributed by atoms with Crippen LogP contribution in [0.15, 0.2) is 18.2 Å². The van der Waals surface area contributed by atoms with Gasteiger partial charge in [-0.1, -0.05) is 0 Å². The summed E-state index contributed by atoms with van der Waals surface area (Å²) < 4.78 is 16.1. The van der Waals surface area contributed by atoms with Crippen LogP contribution < -0.4 is 14.8 Å². The van der Waals surface area contributed by atoms with Crippen molar-refractivity contribution in [2.24, 2.45) is 0 Å². The molecule has 3 rings (SSSR count). The second-order valence-corrected chi connectivity index (χ2v) is 6.05. The fourth-order valence-corrected chi connectivity index (χ4v) is 3.74. The van der Waals surface area contributed by atoms with Gasteiger partial charge in [0.1, 0.15) is 0 Å². The summed E-state index contributed by atoms with van der Waals surface area (Å²) >= 11 is 1.86. The van der Waals surface area contributed by atoms with Gasteiger partial charge in [0.05, 0.1) is 5.60 Å². The van der Waals surface area contributed by atoms with Gasteiger partial charge < -0.3 is 19.5 Å². The lowest BCUT2D eigenvalue weighted by Crippen LogP contribution is -2.44. The first-order valence-electron chi connectivity index (χ1n) is 6.53. The molecule has 0 aliphatic carbocycles. The van der Waals surface area contributed by atoms with Crippen LogP contribution in [0.3, 0.4) is 0 Å². The molecular weight excluding hydrogens is 278 g/mol. The summed E-state index contributed by atoms with van der Waals surface area (Å²) in [5.41, 5.74) is 0.350. The number of methoxy groups -OCH3 is 1. The van der Waals surface area contributed by atoms with E-state index < -0.39 is 0 Å². The van der Waals surface area contributed by atoms with Gasteiger partial charge in [-0.2, -0.15) is 11.8 Å². The highest BCUT2D eigenvalue weighted by Gasteiger charge is 2.34. The number of fused-ring (bicyclic) bond motifs is 1. The molecule has 108 valence electrons. The van der Waals surface area contributed by atoms with Crippen LogP contribution >= 0.6 is 11.8 Å². The number of hydrogen-bond donors (Lipinski definition) is 1. The van der Waals surface area contributed by atoms with E-state index in [-0.39, 0.29) is 18.3 Å². The van der Waals surface area contributed by atoms with Gasteiger partial charge in [0.15, 0.2) is 11.5 Å². The van der Waals surface area contributed by atoms with E-state index >= 15 is 0 Å². The first kappa shape index (κ1) is 13.6. The highest BCUT2D eigenvalue weighted by Crippen LogP contribution is 2.33. The van der Waals surface area contributed by atoms with E-state index in [0.717, 1.165) is 17.9 Å². The van der Waals surface area contributed by atoms with E-state index in [0.29, 0.717) is 23.6 Å². The van der Waals surface area contributed by atoms with Gasteiger partial charge in [0.2, 0.25) is 6.79 Å². The molecule has 1 N–H and O–H groups in total. The number of benzene rings is 1. The number of amides is 1. The smallest absolute Gasteiger partial charge is 0.251 e. The first-order chi connectivity index (χ1) is 9.72. The number of carbonyl (C=O) groups excluding carboxylic acids is 1. The van der Waals surface area contributed by atoms with Crippen molar-refractivity contribution in [3.8, 4) is 11.5 Å². The highest BCUT2D eigenvalue weighted by molar-refractivity contribution is 7.99. The van der Waals surface area contributed by atoms with Crippen molar-refractivity contribution < 1.29 is 19.0 Å². The van der Waals surface area contributed by atoms with E-state index in [4.69, 9.17) is 14.2 Å². The molecule has 1 amide bonds. The third kappa shape index (κ3) is 2.58. The van der Waals surface area contributed by atoms with E-state index in [9.17, 15) is 4.79 Å². The number of hydrogen-bond acceptors (Lipinski definition) is 5. The summed E-state index contributed by atoms with van der Waals surface area (Å²) in [5.74, 6) is 3.19. The van der Waals surface area contributed by atoms with Crippen LogP contribution in [0.4, 0.5) is 0 Å². The molecule has 0 aromatic heterocycles. The Bertz CT molecular complexity index is 514. The molecule has 1 fully saturated rings. The Kier molecular flexibility index (Phi) is 3.76. The van der Waals surface area contributed by atoms with E-state index in [1.807, 2.05) is 11.8 Å². The molecule has 6 heteroatoms. The molecule has 0 radical (unpaired) electrons. The highest BCUT2D eigenvalue weighted by atomic mass is 32.2. The number of carbonyl (C=O) groups is 1. The monoisotopic (exact) mass is 295 g/mol. The predicted octanol–water partition coefficient (Wildman–Crippen LogP) is 1.67. The van der Waals surface area contributed by atoms with Crippen LogP contribution in [0.25, 0.3) is 0 Å².